The largest absolute Gasteiger partial charge is 0.310 e. The van der Waals surface area contributed by atoms with Crippen LogP contribution in [0.15, 0.2) is 18.5 Å². The third-order valence-corrected chi connectivity index (χ3v) is 5.35. The molecule has 0 aromatic carbocycles. The first-order chi connectivity index (χ1) is 10.7. The fraction of sp³-hybridized carbons (Fsp3) is 0.529. The Morgan fingerprint density at radius 2 is 2.18 bits per heavy atom. The molecular formula is C17H22FN3S. The molecule has 0 bridgehead atoms. The highest BCUT2D eigenvalue weighted by Crippen LogP contribution is 2.27. The van der Waals surface area contributed by atoms with E-state index < -0.39 is 0 Å². The van der Waals surface area contributed by atoms with E-state index in [1.165, 1.54) is 41.0 Å². The van der Waals surface area contributed by atoms with Crippen LogP contribution in [-0.2, 0) is 19.3 Å². The molecular weight excluding hydrogens is 297 g/mol. The molecule has 5 heteroatoms. The number of thiazole rings is 1. The number of aryl methyl sites for hydroxylation is 3. The highest BCUT2D eigenvalue weighted by Gasteiger charge is 2.14. The van der Waals surface area contributed by atoms with Crippen LogP contribution in [0.5, 0.6) is 0 Å². The van der Waals surface area contributed by atoms with E-state index in [-0.39, 0.29) is 11.9 Å². The Labute approximate surface area is 135 Å². The van der Waals surface area contributed by atoms with Crippen LogP contribution in [0.1, 0.15) is 53.4 Å². The van der Waals surface area contributed by atoms with Gasteiger partial charge in [-0.3, -0.25) is 4.98 Å². The smallest absolute Gasteiger partial charge is 0.141 e. The summed E-state index contributed by atoms with van der Waals surface area (Å²) in [5.41, 5.74) is 2.24. The highest BCUT2D eigenvalue weighted by molar-refractivity contribution is 7.11. The van der Waals surface area contributed by atoms with Gasteiger partial charge in [-0.2, -0.15) is 0 Å². The zero-order valence-corrected chi connectivity index (χ0v) is 13.8. The minimum Gasteiger partial charge on any atom is -0.310 e. The van der Waals surface area contributed by atoms with E-state index >= 15 is 0 Å². The Hall–Kier alpha value is -1.33. The fourth-order valence-corrected chi connectivity index (χ4v) is 4.05. The Balaban J connectivity index is 1.44. The molecule has 1 aliphatic rings. The van der Waals surface area contributed by atoms with Crippen molar-refractivity contribution in [1.29, 1.82) is 0 Å². The summed E-state index contributed by atoms with van der Waals surface area (Å²) >= 11 is 1.89. The van der Waals surface area contributed by atoms with Gasteiger partial charge in [0.1, 0.15) is 5.82 Å². The molecule has 0 saturated carbocycles. The summed E-state index contributed by atoms with van der Waals surface area (Å²) in [6.45, 7) is 2.94. The molecule has 2 aromatic heterocycles. The molecule has 22 heavy (non-hydrogen) atoms. The number of nitrogens with one attached hydrogen (secondary N) is 1. The second-order valence-corrected chi connectivity index (χ2v) is 7.07. The van der Waals surface area contributed by atoms with Gasteiger partial charge in [-0.25, -0.2) is 9.37 Å². The standard InChI is InChI=1S/C17H22FN3S/c1-12(13-9-14(18)11-19-10-13)20-8-4-7-17-21-15-5-2-3-6-16(15)22-17/h9-12,20H,2-8H2,1H3. The van der Waals surface area contributed by atoms with Crippen LogP contribution >= 0.6 is 11.3 Å². The second-order valence-electron chi connectivity index (χ2n) is 5.90. The molecule has 3 rings (SSSR count). The predicted octanol–water partition coefficient (Wildman–Crippen LogP) is 3.84. The zero-order valence-electron chi connectivity index (χ0n) is 12.9. The molecule has 0 saturated heterocycles. The van der Waals surface area contributed by atoms with E-state index in [1.807, 2.05) is 18.3 Å². The summed E-state index contributed by atoms with van der Waals surface area (Å²) in [6, 6.07) is 1.66. The van der Waals surface area contributed by atoms with Gasteiger partial charge in [0.25, 0.3) is 0 Å². The van der Waals surface area contributed by atoms with Crippen LogP contribution in [0.2, 0.25) is 0 Å². The normalized spacial score (nSPS) is 15.5. The number of hydrogen-bond acceptors (Lipinski definition) is 4. The van der Waals surface area contributed by atoms with Crippen molar-refractivity contribution in [2.75, 3.05) is 6.54 Å². The zero-order chi connectivity index (χ0) is 15.4. The van der Waals surface area contributed by atoms with Crippen molar-refractivity contribution in [1.82, 2.24) is 15.3 Å². The second kappa shape index (κ2) is 7.29. The quantitative estimate of drug-likeness (QED) is 0.822. The number of nitrogens with zero attached hydrogens (tertiary/aromatic N) is 2. The lowest BCUT2D eigenvalue weighted by Gasteiger charge is -2.13. The third kappa shape index (κ3) is 3.90. The summed E-state index contributed by atoms with van der Waals surface area (Å²) < 4.78 is 13.2. The maximum Gasteiger partial charge on any atom is 0.141 e. The van der Waals surface area contributed by atoms with Gasteiger partial charge >= 0.3 is 0 Å². The van der Waals surface area contributed by atoms with E-state index in [9.17, 15) is 4.39 Å². The molecule has 1 N–H and O–H groups in total. The summed E-state index contributed by atoms with van der Waals surface area (Å²) in [4.78, 5) is 10.2. The predicted molar refractivity (Wildman–Crippen MR) is 87.7 cm³/mol. The van der Waals surface area contributed by atoms with E-state index in [1.54, 1.807) is 12.3 Å². The van der Waals surface area contributed by atoms with Crippen molar-refractivity contribution >= 4 is 11.3 Å². The summed E-state index contributed by atoms with van der Waals surface area (Å²) in [5.74, 6) is -0.278. The maximum absolute atomic E-state index is 13.2. The molecule has 2 heterocycles. The first-order valence-electron chi connectivity index (χ1n) is 8.03. The maximum atomic E-state index is 13.2. The Bertz CT molecular complexity index is 603. The van der Waals surface area contributed by atoms with Crippen LogP contribution in [0.25, 0.3) is 0 Å². The molecule has 1 aliphatic carbocycles. The van der Waals surface area contributed by atoms with Gasteiger partial charge in [0, 0.05) is 23.5 Å². The number of hydrogen-bond donors (Lipinski definition) is 1. The van der Waals surface area contributed by atoms with Crippen LogP contribution < -0.4 is 5.32 Å². The van der Waals surface area contributed by atoms with Gasteiger partial charge in [-0.15, -0.1) is 11.3 Å². The lowest BCUT2D eigenvalue weighted by molar-refractivity contribution is 0.548. The average molecular weight is 319 g/mol. The van der Waals surface area contributed by atoms with E-state index in [0.29, 0.717) is 0 Å². The molecule has 2 aromatic rings. The van der Waals surface area contributed by atoms with Crippen molar-refractivity contribution in [2.45, 2.75) is 51.5 Å². The molecule has 1 unspecified atom stereocenters. The Morgan fingerprint density at radius 3 is 3.00 bits per heavy atom. The summed E-state index contributed by atoms with van der Waals surface area (Å²) in [5, 5.41) is 4.70. The first-order valence-corrected chi connectivity index (χ1v) is 8.85. The third-order valence-electron chi connectivity index (χ3n) is 4.13. The summed E-state index contributed by atoms with van der Waals surface area (Å²) in [6.07, 6.45) is 10.0. The topological polar surface area (TPSA) is 37.8 Å². The number of aromatic nitrogens is 2. The van der Waals surface area contributed by atoms with E-state index in [2.05, 4.69) is 10.3 Å². The molecule has 118 valence electrons. The van der Waals surface area contributed by atoms with Crippen molar-refractivity contribution in [2.24, 2.45) is 0 Å². The average Bonchev–Trinajstić information content (AvgIpc) is 2.94. The Morgan fingerprint density at radius 1 is 1.32 bits per heavy atom. The van der Waals surface area contributed by atoms with Crippen LogP contribution in [0.3, 0.4) is 0 Å². The minimum absolute atomic E-state index is 0.118. The van der Waals surface area contributed by atoms with Gasteiger partial charge in [-0.05, 0) is 57.2 Å². The number of rotatable bonds is 6. The number of pyridine rings is 1. The van der Waals surface area contributed by atoms with E-state index in [0.717, 1.165) is 31.4 Å². The summed E-state index contributed by atoms with van der Waals surface area (Å²) in [7, 11) is 0. The monoisotopic (exact) mass is 319 g/mol. The van der Waals surface area contributed by atoms with Gasteiger partial charge in [0.15, 0.2) is 0 Å². The molecule has 0 aliphatic heterocycles. The molecule has 1 atom stereocenters. The van der Waals surface area contributed by atoms with Gasteiger partial charge in [0.2, 0.25) is 0 Å². The van der Waals surface area contributed by atoms with Crippen LogP contribution in [-0.4, -0.2) is 16.5 Å². The lowest BCUT2D eigenvalue weighted by atomic mass is 10.0. The molecule has 0 spiro atoms. The van der Waals surface area contributed by atoms with Crippen molar-refractivity contribution in [3.8, 4) is 0 Å². The van der Waals surface area contributed by atoms with Crippen molar-refractivity contribution in [3.05, 3.63) is 45.4 Å². The highest BCUT2D eigenvalue weighted by atomic mass is 32.1. The molecule has 0 radical (unpaired) electrons. The fourth-order valence-electron chi connectivity index (χ4n) is 2.85. The Kier molecular flexibility index (Phi) is 5.16. The van der Waals surface area contributed by atoms with Crippen molar-refractivity contribution in [3.63, 3.8) is 0 Å². The van der Waals surface area contributed by atoms with Crippen LogP contribution in [0, 0.1) is 5.82 Å². The number of halogens is 1. The van der Waals surface area contributed by atoms with Gasteiger partial charge < -0.3 is 5.32 Å². The van der Waals surface area contributed by atoms with Crippen LogP contribution in [0.4, 0.5) is 4.39 Å². The number of fused-ring (bicyclic) bond motifs is 1. The first kappa shape index (κ1) is 15.6. The lowest BCUT2D eigenvalue weighted by Crippen LogP contribution is -2.20. The minimum atomic E-state index is -0.278. The van der Waals surface area contributed by atoms with Crippen molar-refractivity contribution < 1.29 is 4.39 Å². The van der Waals surface area contributed by atoms with Gasteiger partial charge in [0.05, 0.1) is 16.9 Å². The SMILES string of the molecule is CC(NCCCc1nc2c(s1)CCCC2)c1cncc(F)c1. The molecule has 0 amide bonds. The molecule has 0 fully saturated rings. The van der Waals surface area contributed by atoms with E-state index in [4.69, 9.17) is 4.98 Å². The molecule has 3 nitrogen and oxygen atoms in total. The van der Waals surface area contributed by atoms with Gasteiger partial charge in [-0.1, -0.05) is 0 Å².